The molecule has 0 spiro atoms. The second kappa shape index (κ2) is 5.98. The van der Waals surface area contributed by atoms with Crippen molar-refractivity contribution in [2.24, 2.45) is 11.7 Å². The highest BCUT2D eigenvalue weighted by molar-refractivity contribution is 7.12. The Balaban J connectivity index is 2.82. The number of rotatable bonds is 5. The third kappa shape index (κ3) is 3.80. The van der Waals surface area contributed by atoms with Gasteiger partial charge in [0.2, 0.25) is 0 Å². The first-order chi connectivity index (χ1) is 7.90. The fourth-order valence-electron chi connectivity index (χ4n) is 1.92. The minimum Gasteiger partial charge on any atom is -0.387 e. The number of thiophene rings is 1. The molecule has 0 aliphatic heterocycles. The Morgan fingerprint density at radius 2 is 2.00 bits per heavy atom. The van der Waals surface area contributed by atoms with E-state index < -0.39 is 6.10 Å². The van der Waals surface area contributed by atoms with Gasteiger partial charge in [0, 0.05) is 15.7 Å². The third-order valence-corrected chi connectivity index (χ3v) is 4.65. The first-order valence-electron chi connectivity index (χ1n) is 6.38. The number of hydrogen-bond acceptors (Lipinski definition) is 3. The molecule has 2 atom stereocenters. The average Bonchev–Trinajstić information content (AvgIpc) is 2.73. The Hall–Kier alpha value is -0.380. The Bertz CT molecular complexity index is 340. The maximum absolute atomic E-state index is 10.3. The molecule has 0 fully saturated rings. The van der Waals surface area contributed by atoms with Gasteiger partial charge in [-0.05, 0) is 30.5 Å². The zero-order valence-electron chi connectivity index (χ0n) is 11.4. The SMILES string of the molecule is CCCC(CN)C(O)c1ccc(C(C)(C)C)s1. The number of aliphatic hydroxyl groups is 1. The normalized spacial score (nSPS) is 15.9. The van der Waals surface area contributed by atoms with Gasteiger partial charge in [-0.15, -0.1) is 11.3 Å². The van der Waals surface area contributed by atoms with E-state index >= 15 is 0 Å². The van der Waals surface area contributed by atoms with E-state index in [2.05, 4.69) is 33.8 Å². The largest absolute Gasteiger partial charge is 0.387 e. The molecule has 0 aromatic carbocycles. The van der Waals surface area contributed by atoms with E-state index in [9.17, 15) is 5.11 Å². The fourth-order valence-corrected chi connectivity index (χ4v) is 3.07. The summed E-state index contributed by atoms with van der Waals surface area (Å²) in [5.41, 5.74) is 5.89. The second-order valence-corrected chi connectivity index (χ2v) is 6.80. The Morgan fingerprint density at radius 3 is 2.41 bits per heavy atom. The molecule has 2 nitrogen and oxygen atoms in total. The van der Waals surface area contributed by atoms with Crippen LogP contribution >= 0.6 is 11.3 Å². The second-order valence-electron chi connectivity index (χ2n) is 5.68. The summed E-state index contributed by atoms with van der Waals surface area (Å²) in [5.74, 6) is 0.187. The van der Waals surface area contributed by atoms with Crippen LogP contribution in [0.4, 0.5) is 0 Å². The first-order valence-corrected chi connectivity index (χ1v) is 7.20. The standard InChI is InChI=1S/C14H25NOS/c1-5-6-10(9-15)13(16)11-7-8-12(17-11)14(2,3)4/h7-8,10,13,16H,5-6,9,15H2,1-4H3. The van der Waals surface area contributed by atoms with Gasteiger partial charge in [-0.2, -0.15) is 0 Å². The van der Waals surface area contributed by atoms with Crippen LogP contribution in [-0.4, -0.2) is 11.7 Å². The quantitative estimate of drug-likeness (QED) is 0.846. The molecule has 3 N–H and O–H groups in total. The number of nitrogens with two attached hydrogens (primary N) is 1. The zero-order chi connectivity index (χ0) is 13.1. The highest BCUT2D eigenvalue weighted by Crippen LogP contribution is 2.35. The van der Waals surface area contributed by atoms with Crippen LogP contribution in [0.15, 0.2) is 12.1 Å². The molecule has 0 saturated heterocycles. The van der Waals surface area contributed by atoms with Crippen LogP contribution in [0.25, 0.3) is 0 Å². The van der Waals surface area contributed by atoms with Gasteiger partial charge < -0.3 is 10.8 Å². The lowest BCUT2D eigenvalue weighted by Crippen LogP contribution is -2.21. The van der Waals surface area contributed by atoms with Crippen molar-refractivity contribution in [3.63, 3.8) is 0 Å². The average molecular weight is 255 g/mol. The Labute approximate surface area is 109 Å². The molecule has 1 aromatic heterocycles. The molecule has 1 aromatic rings. The lowest BCUT2D eigenvalue weighted by molar-refractivity contribution is 0.110. The molecular weight excluding hydrogens is 230 g/mol. The summed E-state index contributed by atoms with van der Waals surface area (Å²) in [5, 5.41) is 10.3. The van der Waals surface area contributed by atoms with Gasteiger partial charge in [-0.1, -0.05) is 34.1 Å². The molecule has 0 aliphatic rings. The van der Waals surface area contributed by atoms with Crippen LogP contribution in [0.3, 0.4) is 0 Å². The topological polar surface area (TPSA) is 46.2 Å². The van der Waals surface area contributed by atoms with E-state index in [1.54, 1.807) is 11.3 Å². The van der Waals surface area contributed by atoms with Crippen molar-refractivity contribution in [1.82, 2.24) is 0 Å². The van der Waals surface area contributed by atoms with Gasteiger partial charge >= 0.3 is 0 Å². The van der Waals surface area contributed by atoms with Crippen LogP contribution < -0.4 is 5.73 Å². The lowest BCUT2D eigenvalue weighted by atomic mass is 9.94. The summed E-state index contributed by atoms with van der Waals surface area (Å²) in [6.07, 6.45) is 1.65. The molecule has 1 rings (SSSR count). The van der Waals surface area contributed by atoms with Gasteiger partial charge in [0.25, 0.3) is 0 Å². The predicted molar refractivity (Wildman–Crippen MR) is 75.4 cm³/mol. The molecule has 0 bridgehead atoms. The summed E-state index contributed by atoms with van der Waals surface area (Å²) < 4.78 is 0. The number of aliphatic hydroxyl groups excluding tert-OH is 1. The molecule has 0 saturated carbocycles. The summed E-state index contributed by atoms with van der Waals surface area (Å²) in [7, 11) is 0. The smallest absolute Gasteiger partial charge is 0.0922 e. The van der Waals surface area contributed by atoms with Gasteiger partial charge in [0.05, 0.1) is 6.10 Å². The minimum absolute atomic E-state index is 0.158. The van der Waals surface area contributed by atoms with E-state index in [-0.39, 0.29) is 11.3 Å². The monoisotopic (exact) mass is 255 g/mol. The maximum atomic E-state index is 10.3. The summed E-state index contributed by atoms with van der Waals surface area (Å²) in [6.45, 7) is 9.27. The molecule has 3 heteroatoms. The van der Waals surface area contributed by atoms with Crippen LogP contribution in [-0.2, 0) is 5.41 Å². The van der Waals surface area contributed by atoms with E-state index in [1.165, 1.54) is 4.88 Å². The van der Waals surface area contributed by atoms with Gasteiger partial charge in [-0.3, -0.25) is 0 Å². The summed E-state index contributed by atoms with van der Waals surface area (Å²) >= 11 is 1.71. The number of hydrogen-bond donors (Lipinski definition) is 2. The van der Waals surface area contributed by atoms with Gasteiger partial charge in [-0.25, -0.2) is 0 Å². The summed E-state index contributed by atoms with van der Waals surface area (Å²) in [6, 6.07) is 4.18. The molecule has 2 unspecified atom stereocenters. The Morgan fingerprint density at radius 1 is 1.35 bits per heavy atom. The lowest BCUT2D eigenvalue weighted by Gasteiger charge is -2.20. The molecule has 1 heterocycles. The maximum Gasteiger partial charge on any atom is 0.0922 e. The van der Waals surface area contributed by atoms with Crippen molar-refractivity contribution in [1.29, 1.82) is 0 Å². The van der Waals surface area contributed by atoms with Crippen molar-refractivity contribution in [2.45, 2.75) is 52.1 Å². The molecular formula is C14H25NOS. The van der Waals surface area contributed by atoms with E-state index in [4.69, 9.17) is 5.73 Å². The van der Waals surface area contributed by atoms with Crippen LogP contribution in [0.2, 0.25) is 0 Å². The molecule has 0 radical (unpaired) electrons. The van der Waals surface area contributed by atoms with Gasteiger partial charge in [0.1, 0.15) is 0 Å². The molecule has 0 amide bonds. The van der Waals surface area contributed by atoms with Crippen molar-refractivity contribution in [3.05, 3.63) is 21.9 Å². The first kappa shape index (κ1) is 14.7. The Kier molecular flexibility index (Phi) is 5.17. The fraction of sp³-hybridized carbons (Fsp3) is 0.714. The predicted octanol–water partition coefficient (Wildman–Crippen LogP) is 3.45. The molecule has 17 heavy (non-hydrogen) atoms. The van der Waals surface area contributed by atoms with Gasteiger partial charge in [0.15, 0.2) is 0 Å². The van der Waals surface area contributed by atoms with E-state index in [1.807, 2.05) is 6.07 Å². The van der Waals surface area contributed by atoms with Crippen molar-refractivity contribution in [3.8, 4) is 0 Å². The minimum atomic E-state index is -0.402. The van der Waals surface area contributed by atoms with E-state index in [0.29, 0.717) is 6.54 Å². The highest BCUT2D eigenvalue weighted by Gasteiger charge is 2.23. The van der Waals surface area contributed by atoms with Crippen molar-refractivity contribution < 1.29 is 5.11 Å². The summed E-state index contributed by atoms with van der Waals surface area (Å²) in [4.78, 5) is 2.37. The van der Waals surface area contributed by atoms with Crippen molar-refractivity contribution in [2.75, 3.05) is 6.54 Å². The zero-order valence-corrected chi connectivity index (χ0v) is 12.2. The van der Waals surface area contributed by atoms with Crippen LogP contribution in [0.1, 0.15) is 56.4 Å². The van der Waals surface area contributed by atoms with E-state index in [0.717, 1.165) is 17.7 Å². The molecule has 0 aliphatic carbocycles. The third-order valence-electron chi connectivity index (χ3n) is 3.07. The molecule has 98 valence electrons. The highest BCUT2D eigenvalue weighted by atomic mass is 32.1. The van der Waals surface area contributed by atoms with Crippen LogP contribution in [0.5, 0.6) is 0 Å². The van der Waals surface area contributed by atoms with Crippen LogP contribution in [0, 0.1) is 5.92 Å². The van der Waals surface area contributed by atoms with Crippen molar-refractivity contribution >= 4 is 11.3 Å².